The molecule has 2 aromatic heterocycles. The summed E-state index contributed by atoms with van der Waals surface area (Å²) in [6, 6.07) is 15.1. The number of nitrogens with one attached hydrogen (secondary N) is 1. The number of amides is 2. The van der Waals surface area contributed by atoms with E-state index in [-0.39, 0.29) is 11.8 Å². The second kappa shape index (κ2) is 9.01. The smallest absolute Gasteiger partial charge is 0.264 e. The zero-order chi connectivity index (χ0) is 20.1. The molecule has 0 radical (unpaired) electrons. The number of anilines is 1. The van der Waals surface area contributed by atoms with E-state index in [2.05, 4.69) is 10.3 Å². The lowest BCUT2D eigenvalue weighted by atomic mass is 10.0. The van der Waals surface area contributed by atoms with E-state index in [1.807, 2.05) is 53.9 Å². The molecule has 29 heavy (non-hydrogen) atoms. The number of aromatic nitrogens is 1. The van der Waals surface area contributed by atoms with E-state index < -0.39 is 6.04 Å². The Bertz CT molecular complexity index is 956. The average Bonchev–Trinajstić information content (AvgIpc) is 3.30. The van der Waals surface area contributed by atoms with Crippen molar-refractivity contribution in [2.45, 2.75) is 31.7 Å². The number of piperidine rings is 1. The standard InChI is InChI=1S/C23H23N3O2S/c27-22(20-4-1-2-14-26(20)23(28)21-5-3-15-29-21)25-19-8-6-17(7-9-19)16-18-10-12-24-13-11-18/h3,5-13,15,20H,1-2,4,14,16H2,(H,25,27). The van der Waals surface area contributed by atoms with Gasteiger partial charge >= 0.3 is 0 Å². The molecular weight excluding hydrogens is 382 g/mol. The first-order chi connectivity index (χ1) is 14.2. The van der Waals surface area contributed by atoms with Gasteiger partial charge in [0.2, 0.25) is 5.91 Å². The van der Waals surface area contributed by atoms with Crippen LogP contribution in [0.2, 0.25) is 0 Å². The summed E-state index contributed by atoms with van der Waals surface area (Å²) in [5.74, 6) is -0.163. The molecule has 1 aliphatic rings. The van der Waals surface area contributed by atoms with Gasteiger partial charge in [-0.2, -0.15) is 0 Å². The second-order valence-electron chi connectivity index (χ2n) is 7.21. The van der Waals surface area contributed by atoms with Crippen molar-refractivity contribution in [1.82, 2.24) is 9.88 Å². The summed E-state index contributed by atoms with van der Waals surface area (Å²) < 4.78 is 0. The summed E-state index contributed by atoms with van der Waals surface area (Å²) in [7, 11) is 0. The third-order valence-corrected chi connectivity index (χ3v) is 6.04. The quantitative estimate of drug-likeness (QED) is 0.686. The average molecular weight is 406 g/mol. The van der Waals surface area contributed by atoms with E-state index in [0.717, 1.165) is 24.9 Å². The fraction of sp³-hybridized carbons (Fsp3) is 0.261. The van der Waals surface area contributed by atoms with Crippen LogP contribution >= 0.6 is 11.3 Å². The highest BCUT2D eigenvalue weighted by Crippen LogP contribution is 2.23. The van der Waals surface area contributed by atoms with Crippen molar-refractivity contribution in [3.05, 3.63) is 82.3 Å². The number of carbonyl (C=O) groups is 2. The van der Waals surface area contributed by atoms with E-state index >= 15 is 0 Å². The molecule has 3 heterocycles. The van der Waals surface area contributed by atoms with Crippen LogP contribution in [0.15, 0.2) is 66.3 Å². The Morgan fingerprint density at radius 2 is 1.79 bits per heavy atom. The summed E-state index contributed by atoms with van der Waals surface area (Å²) >= 11 is 1.42. The summed E-state index contributed by atoms with van der Waals surface area (Å²) in [6.07, 6.45) is 6.99. The van der Waals surface area contributed by atoms with Gasteiger partial charge in [-0.25, -0.2) is 0 Å². The van der Waals surface area contributed by atoms with Crippen LogP contribution in [0.4, 0.5) is 5.69 Å². The number of thiophene rings is 1. The number of pyridine rings is 1. The van der Waals surface area contributed by atoms with Gasteiger partial charge in [0.05, 0.1) is 4.88 Å². The monoisotopic (exact) mass is 405 g/mol. The number of nitrogens with zero attached hydrogens (tertiary/aromatic N) is 2. The Balaban J connectivity index is 1.41. The van der Waals surface area contributed by atoms with Crippen molar-refractivity contribution in [1.29, 1.82) is 0 Å². The van der Waals surface area contributed by atoms with Crippen LogP contribution in [0.5, 0.6) is 0 Å². The molecule has 1 atom stereocenters. The highest BCUT2D eigenvalue weighted by atomic mass is 32.1. The fourth-order valence-corrected chi connectivity index (χ4v) is 4.34. The minimum Gasteiger partial charge on any atom is -0.326 e. The molecule has 5 nitrogen and oxygen atoms in total. The zero-order valence-corrected chi connectivity index (χ0v) is 16.9. The molecule has 1 saturated heterocycles. The van der Waals surface area contributed by atoms with E-state index in [0.29, 0.717) is 17.8 Å². The number of rotatable bonds is 5. The Morgan fingerprint density at radius 1 is 1.03 bits per heavy atom. The summed E-state index contributed by atoms with van der Waals surface area (Å²) in [4.78, 5) is 32.2. The molecule has 2 amide bonds. The SMILES string of the molecule is O=C(Nc1ccc(Cc2ccncc2)cc1)C1CCCCN1C(=O)c1cccs1. The molecule has 1 aromatic carbocycles. The molecule has 1 N–H and O–H groups in total. The molecule has 4 rings (SSSR count). The first-order valence-electron chi connectivity index (χ1n) is 9.84. The normalized spacial score (nSPS) is 16.4. The maximum absolute atomic E-state index is 12.9. The summed E-state index contributed by atoms with van der Waals surface area (Å²) in [5.41, 5.74) is 3.12. The van der Waals surface area contributed by atoms with E-state index in [1.54, 1.807) is 17.3 Å². The Hall–Kier alpha value is -2.99. The van der Waals surface area contributed by atoms with E-state index in [9.17, 15) is 9.59 Å². The Morgan fingerprint density at radius 3 is 2.52 bits per heavy atom. The van der Waals surface area contributed by atoms with E-state index in [1.165, 1.54) is 22.5 Å². The van der Waals surface area contributed by atoms with Gasteiger partial charge in [0.15, 0.2) is 0 Å². The third-order valence-electron chi connectivity index (χ3n) is 5.18. The van der Waals surface area contributed by atoms with Crippen molar-refractivity contribution in [2.75, 3.05) is 11.9 Å². The van der Waals surface area contributed by atoms with E-state index in [4.69, 9.17) is 0 Å². The van der Waals surface area contributed by atoms with Gasteiger partial charge in [-0.1, -0.05) is 18.2 Å². The van der Waals surface area contributed by atoms with Gasteiger partial charge in [-0.3, -0.25) is 14.6 Å². The lowest BCUT2D eigenvalue weighted by Gasteiger charge is -2.34. The van der Waals surface area contributed by atoms with Crippen molar-refractivity contribution < 1.29 is 9.59 Å². The molecule has 1 fully saturated rings. The van der Waals surface area contributed by atoms with Crippen LogP contribution in [-0.4, -0.2) is 34.3 Å². The van der Waals surface area contributed by atoms with Gasteiger partial charge in [0.1, 0.15) is 6.04 Å². The first kappa shape index (κ1) is 19.3. The number of hydrogen-bond acceptors (Lipinski definition) is 4. The van der Waals surface area contributed by atoms with Crippen molar-refractivity contribution in [3.8, 4) is 0 Å². The van der Waals surface area contributed by atoms with Gasteiger partial charge < -0.3 is 10.2 Å². The molecule has 0 aliphatic carbocycles. The summed E-state index contributed by atoms with van der Waals surface area (Å²) in [5, 5.41) is 4.88. The molecule has 148 valence electrons. The lowest BCUT2D eigenvalue weighted by Crippen LogP contribution is -2.49. The van der Waals surface area contributed by atoms with Gasteiger partial charge in [-0.05, 0) is 72.5 Å². The first-order valence-corrected chi connectivity index (χ1v) is 10.7. The molecular formula is C23H23N3O2S. The Kier molecular flexibility index (Phi) is 6.00. The van der Waals surface area contributed by atoms with Crippen LogP contribution in [-0.2, 0) is 11.2 Å². The van der Waals surface area contributed by atoms with Crippen molar-refractivity contribution in [3.63, 3.8) is 0 Å². The molecule has 3 aromatic rings. The highest BCUT2D eigenvalue weighted by molar-refractivity contribution is 7.12. The Labute approximate surface area is 174 Å². The fourth-order valence-electron chi connectivity index (χ4n) is 3.66. The maximum atomic E-state index is 12.9. The van der Waals surface area contributed by atoms with Crippen LogP contribution in [0.3, 0.4) is 0 Å². The zero-order valence-electron chi connectivity index (χ0n) is 16.1. The van der Waals surface area contributed by atoms with Crippen LogP contribution in [0, 0.1) is 0 Å². The third kappa shape index (κ3) is 4.71. The topological polar surface area (TPSA) is 62.3 Å². The second-order valence-corrected chi connectivity index (χ2v) is 8.15. The number of benzene rings is 1. The van der Waals surface area contributed by atoms with Gasteiger partial charge in [0, 0.05) is 24.6 Å². The molecule has 0 saturated carbocycles. The number of carbonyl (C=O) groups excluding carboxylic acids is 2. The number of hydrogen-bond donors (Lipinski definition) is 1. The maximum Gasteiger partial charge on any atom is 0.264 e. The van der Waals surface area contributed by atoms with Gasteiger partial charge in [0.25, 0.3) is 5.91 Å². The van der Waals surface area contributed by atoms with Crippen LogP contribution in [0.25, 0.3) is 0 Å². The predicted molar refractivity (Wildman–Crippen MR) is 115 cm³/mol. The lowest BCUT2D eigenvalue weighted by molar-refractivity contribution is -0.121. The molecule has 6 heteroatoms. The van der Waals surface area contributed by atoms with Crippen molar-refractivity contribution >= 4 is 28.8 Å². The molecule has 0 spiro atoms. The largest absolute Gasteiger partial charge is 0.326 e. The van der Waals surface area contributed by atoms with Crippen molar-refractivity contribution in [2.24, 2.45) is 0 Å². The minimum absolute atomic E-state index is 0.0486. The van der Waals surface area contributed by atoms with Crippen LogP contribution in [0.1, 0.15) is 40.1 Å². The highest BCUT2D eigenvalue weighted by Gasteiger charge is 2.33. The summed E-state index contributed by atoms with van der Waals surface area (Å²) in [6.45, 7) is 0.625. The molecule has 0 bridgehead atoms. The van der Waals surface area contributed by atoms with Gasteiger partial charge in [-0.15, -0.1) is 11.3 Å². The predicted octanol–water partition coefficient (Wildman–Crippen LogP) is 4.37. The molecule has 1 unspecified atom stereocenters. The minimum atomic E-state index is -0.421. The molecule has 1 aliphatic heterocycles. The van der Waals surface area contributed by atoms with Crippen LogP contribution < -0.4 is 5.32 Å². The number of likely N-dealkylation sites (tertiary alicyclic amines) is 1.